The molecule has 0 aliphatic carbocycles. The molecule has 0 unspecified atom stereocenters. The second-order valence-electron chi connectivity index (χ2n) is 14.0. The maximum atomic E-state index is 12.4. The summed E-state index contributed by atoms with van der Waals surface area (Å²) in [4.78, 5) is 12.4. The van der Waals surface area contributed by atoms with Crippen molar-refractivity contribution in [2.24, 2.45) is 0 Å². The molecule has 0 bridgehead atoms. The van der Waals surface area contributed by atoms with E-state index in [4.69, 9.17) is 18.3 Å². The highest BCUT2D eigenvalue weighted by Crippen LogP contribution is 2.38. The van der Waals surface area contributed by atoms with Crippen LogP contribution in [0.15, 0.2) is 103 Å². The minimum atomic E-state index is -2.68. The Hall–Kier alpha value is -3.02. The standard InChI is InChI=1S/C37H53NO5Si2/c1-30(43-44(8,9)36(2,3)4)34(41-29-38-35(39)40-28-31-20-13-10-14-21-31)26-19-27-42-45(37(5,6)7,32-22-15-11-16-23-32)33-24-17-12-18-25-33/h10-26,30,34H,27-29H2,1-9H3,(H,38,39)/b26-19+/t30-,34+/m0/s1. The van der Waals surface area contributed by atoms with Gasteiger partial charge in [-0.05, 0) is 46.0 Å². The van der Waals surface area contributed by atoms with Gasteiger partial charge in [-0.25, -0.2) is 4.79 Å². The topological polar surface area (TPSA) is 66.0 Å². The molecule has 0 aromatic heterocycles. The molecule has 0 heterocycles. The van der Waals surface area contributed by atoms with Gasteiger partial charge in [-0.3, -0.25) is 5.32 Å². The highest BCUT2D eigenvalue weighted by atomic mass is 28.4. The van der Waals surface area contributed by atoms with Crippen LogP contribution < -0.4 is 15.7 Å². The summed E-state index contributed by atoms with van der Waals surface area (Å²) in [5.74, 6) is 0. The number of benzene rings is 3. The third-order valence-corrected chi connectivity index (χ3v) is 18.2. The van der Waals surface area contributed by atoms with E-state index in [1.807, 2.05) is 61.5 Å². The summed E-state index contributed by atoms with van der Waals surface area (Å²) in [5, 5.41) is 5.11. The fourth-order valence-corrected chi connectivity index (χ4v) is 11.1. The summed E-state index contributed by atoms with van der Waals surface area (Å²) in [5.41, 5.74) is 0.923. The maximum absolute atomic E-state index is 12.4. The van der Waals surface area contributed by atoms with E-state index in [-0.39, 0.29) is 29.5 Å². The van der Waals surface area contributed by atoms with Crippen molar-refractivity contribution >= 4 is 33.1 Å². The highest BCUT2D eigenvalue weighted by molar-refractivity contribution is 6.99. The molecule has 3 aromatic carbocycles. The molecule has 0 saturated heterocycles. The van der Waals surface area contributed by atoms with Crippen molar-refractivity contribution in [1.82, 2.24) is 5.32 Å². The van der Waals surface area contributed by atoms with Crippen molar-refractivity contribution in [3.63, 3.8) is 0 Å². The van der Waals surface area contributed by atoms with E-state index >= 15 is 0 Å². The molecule has 3 rings (SSSR count). The van der Waals surface area contributed by atoms with E-state index in [2.05, 4.69) is 108 Å². The van der Waals surface area contributed by atoms with E-state index in [1.54, 1.807) is 0 Å². The third kappa shape index (κ3) is 9.98. The smallest absolute Gasteiger partial charge is 0.409 e. The third-order valence-electron chi connectivity index (χ3n) is 8.59. The molecule has 0 aliphatic heterocycles. The predicted molar refractivity (Wildman–Crippen MR) is 190 cm³/mol. The molecule has 8 heteroatoms. The van der Waals surface area contributed by atoms with Crippen LogP contribution in [0.1, 0.15) is 54.0 Å². The normalized spacial score (nSPS) is 14.2. The zero-order valence-electron chi connectivity index (χ0n) is 28.6. The molecule has 1 amide bonds. The van der Waals surface area contributed by atoms with Crippen molar-refractivity contribution < 1.29 is 23.1 Å². The van der Waals surface area contributed by atoms with E-state index in [0.29, 0.717) is 6.61 Å². The largest absolute Gasteiger partial charge is 0.445 e. The summed E-state index contributed by atoms with van der Waals surface area (Å²) in [7, 11) is -4.76. The average molecular weight is 648 g/mol. The van der Waals surface area contributed by atoms with Gasteiger partial charge in [0.15, 0.2) is 8.32 Å². The monoisotopic (exact) mass is 647 g/mol. The lowest BCUT2D eigenvalue weighted by Crippen LogP contribution is -2.66. The molecule has 45 heavy (non-hydrogen) atoms. The minimum Gasteiger partial charge on any atom is -0.445 e. The number of carbonyl (C=O) groups is 1. The molecular formula is C37H53NO5Si2. The second-order valence-corrected chi connectivity index (χ2v) is 23.1. The van der Waals surface area contributed by atoms with Gasteiger partial charge in [0.2, 0.25) is 0 Å². The molecule has 0 radical (unpaired) electrons. The molecule has 0 aliphatic rings. The molecule has 2 atom stereocenters. The number of hydrogen-bond acceptors (Lipinski definition) is 5. The predicted octanol–water partition coefficient (Wildman–Crippen LogP) is 7.80. The minimum absolute atomic E-state index is 0.0105. The van der Waals surface area contributed by atoms with Gasteiger partial charge in [0.1, 0.15) is 19.4 Å². The first-order valence-corrected chi connectivity index (χ1v) is 20.6. The van der Waals surface area contributed by atoms with Crippen LogP contribution in [-0.4, -0.2) is 48.3 Å². The summed E-state index contributed by atoms with van der Waals surface area (Å²) >= 11 is 0. The first kappa shape index (κ1) is 36.5. The van der Waals surface area contributed by atoms with E-state index in [1.165, 1.54) is 10.4 Å². The van der Waals surface area contributed by atoms with Crippen LogP contribution in [0.5, 0.6) is 0 Å². The van der Waals surface area contributed by atoms with E-state index in [0.717, 1.165) is 5.56 Å². The Balaban J connectivity index is 1.77. The van der Waals surface area contributed by atoms with Crippen molar-refractivity contribution in [2.75, 3.05) is 13.3 Å². The van der Waals surface area contributed by atoms with Crippen molar-refractivity contribution in [1.29, 1.82) is 0 Å². The Morgan fingerprint density at radius 3 is 1.80 bits per heavy atom. The molecule has 244 valence electrons. The van der Waals surface area contributed by atoms with Gasteiger partial charge >= 0.3 is 6.09 Å². The number of alkyl carbamates (subject to hydrolysis) is 1. The number of hydrogen-bond donors (Lipinski definition) is 1. The summed E-state index contributed by atoms with van der Waals surface area (Å²) in [6.07, 6.45) is 2.86. The summed E-state index contributed by atoms with van der Waals surface area (Å²) < 4.78 is 25.3. The lowest BCUT2D eigenvalue weighted by molar-refractivity contribution is -0.00432. The van der Waals surface area contributed by atoms with Gasteiger partial charge in [0.25, 0.3) is 8.32 Å². The number of nitrogens with one attached hydrogen (secondary N) is 1. The van der Waals surface area contributed by atoms with Crippen LogP contribution in [0.4, 0.5) is 4.79 Å². The van der Waals surface area contributed by atoms with Crippen LogP contribution in [0.3, 0.4) is 0 Å². The number of carbonyl (C=O) groups excluding carboxylic acids is 1. The Bertz CT molecular complexity index is 1300. The van der Waals surface area contributed by atoms with Crippen LogP contribution in [0, 0.1) is 0 Å². The number of ether oxygens (including phenoxy) is 2. The van der Waals surface area contributed by atoms with Gasteiger partial charge in [0, 0.05) is 0 Å². The van der Waals surface area contributed by atoms with Crippen LogP contribution in [0.25, 0.3) is 0 Å². The van der Waals surface area contributed by atoms with E-state index < -0.39 is 28.8 Å². The molecule has 6 nitrogen and oxygen atoms in total. The Morgan fingerprint density at radius 2 is 1.31 bits per heavy atom. The van der Waals surface area contributed by atoms with Gasteiger partial charge in [-0.2, -0.15) is 0 Å². The molecule has 3 aromatic rings. The van der Waals surface area contributed by atoms with Crippen molar-refractivity contribution in [3.8, 4) is 0 Å². The van der Waals surface area contributed by atoms with E-state index in [9.17, 15) is 4.79 Å². The zero-order valence-corrected chi connectivity index (χ0v) is 30.6. The first-order chi connectivity index (χ1) is 21.2. The van der Waals surface area contributed by atoms with Gasteiger partial charge in [0.05, 0.1) is 12.7 Å². The zero-order chi connectivity index (χ0) is 33.1. The molecule has 0 saturated carbocycles. The quantitative estimate of drug-likeness (QED) is 0.110. The highest BCUT2D eigenvalue weighted by Gasteiger charge is 2.50. The van der Waals surface area contributed by atoms with Crippen molar-refractivity contribution in [2.45, 2.75) is 90.5 Å². The SMILES string of the molecule is C[C@H](O[Si](C)(C)C(C)(C)C)[C@@H](/C=C/CO[Si](c1ccccc1)(c1ccccc1)C(C)(C)C)OCNC(=O)OCc1ccccc1. The molecule has 0 spiro atoms. The second kappa shape index (κ2) is 16.0. The maximum Gasteiger partial charge on any atom is 0.409 e. The molecule has 1 N–H and O–H groups in total. The van der Waals surface area contributed by atoms with Crippen LogP contribution >= 0.6 is 0 Å². The molecule has 0 fully saturated rings. The Kier molecular flexibility index (Phi) is 13.0. The van der Waals surface area contributed by atoms with Crippen molar-refractivity contribution in [3.05, 3.63) is 109 Å². The van der Waals surface area contributed by atoms with Crippen LogP contribution in [0.2, 0.25) is 23.2 Å². The fraction of sp³-hybridized carbons (Fsp3) is 0.432. The lowest BCUT2D eigenvalue weighted by atomic mass is 10.2. The Morgan fingerprint density at radius 1 is 0.800 bits per heavy atom. The van der Waals surface area contributed by atoms with Gasteiger partial charge < -0.3 is 18.3 Å². The summed E-state index contributed by atoms with van der Waals surface area (Å²) in [6.45, 7) is 20.6. The lowest BCUT2D eigenvalue weighted by Gasteiger charge is -2.42. The average Bonchev–Trinajstić information content (AvgIpc) is 2.99. The van der Waals surface area contributed by atoms with Gasteiger partial charge in [-0.1, -0.05) is 145 Å². The molecular weight excluding hydrogens is 595 g/mol. The Labute approximate surface area is 273 Å². The number of amides is 1. The fourth-order valence-electron chi connectivity index (χ4n) is 5.15. The van der Waals surface area contributed by atoms with Crippen LogP contribution in [-0.2, 0) is 24.9 Å². The number of rotatable bonds is 14. The first-order valence-electron chi connectivity index (χ1n) is 15.8. The summed E-state index contributed by atoms with van der Waals surface area (Å²) in [6, 6.07) is 30.8. The van der Waals surface area contributed by atoms with Gasteiger partial charge in [-0.15, -0.1) is 0 Å².